The standard InChI is InChI=1S/C16H16N2O/c1-12(2)14-4-3-5-16(9-14)19-11-13-6-7-18-15(8-13)10-17/h3-9,12H,11H2,1-2H3. The second kappa shape index (κ2) is 6.01. The minimum absolute atomic E-state index is 0.414. The van der Waals surface area contributed by atoms with Crippen molar-refractivity contribution in [2.75, 3.05) is 0 Å². The molecule has 0 N–H and O–H groups in total. The first-order chi connectivity index (χ1) is 9.19. The molecule has 19 heavy (non-hydrogen) atoms. The van der Waals surface area contributed by atoms with E-state index in [4.69, 9.17) is 10.00 Å². The average Bonchev–Trinajstić information content (AvgIpc) is 2.45. The Morgan fingerprint density at radius 1 is 1.26 bits per heavy atom. The molecule has 0 aliphatic carbocycles. The van der Waals surface area contributed by atoms with E-state index in [2.05, 4.69) is 31.0 Å². The SMILES string of the molecule is CC(C)c1cccc(OCc2ccnc(C#N)c2)c1. The molecule has 0 spiro atoms. The van der Waals surface area contributed by atoms with Crippen LogP contribution < -0.4 is 4.74 Å². The van der Waals surface area contributed by atoms with Gasteiger partial charge in [-0.3, -0.25) is 0 Å². The average molecular weight is 252 g/mol. The predicted molar refractivity (Wildman–Crippen MR) is 73.8 cm³/mol. The first-order valence-corrected chi connectivity index (χ1v) is 6.27. The van der Waals surface area contributed by atoms with E-state index in [1.807, 2.05) is 24.3 Å². The molecule has 1 aromatic heterocycles. The van der Waals surface area contributed by atoms with E-state index in [1.54, 1.807) is 12.3 Å². The zero-order chi connectivity index (χ0) is 13.7. The van der Waals surface area contributed by atoms with Gasteiger partial charge in [-0.25, -0.2) is 4.98 Å². The van der Waals surface area contributed by atoms with Gasteiger partial charge in [-0.2, -0.15) is 5.26 Å². The number of nitriles is 1. The number of pyridine rings is 1. The Balaban J connectivity index is 2.06. The first-order valence-electron chi connectivity index (χ1n) is 6.27. The minimum Gasteiger partial charge on any atom is -0.489 e. The first kappa shape index (κ1) is 13.1. The Morgan fingerprint density at radius 3 is 2.84 bits per heavy atom. The highest BCUT2D eigenvalue weighted by atomic mass is 16.5. The van der Waals surface area contributed by atoms with E-state index in [9.17, 15) is 0 Å². The van der Waals surface area contributed by atoms with Crippen molar-refractivity contribution in [1.82, 2.24) is 4.98 Å². The Morgan fingerprint density at radius 2 is 2.11 bits per heavy atom. The summed E-state index contributed by atoms with van der Waals surface area (Å²) < 4.78 is 5.75. The van der Waals surface area contributed by atoms with Gasteiger partial charge in [0, 0.05) is 6.20 Å². The fourth-order valence-electron chi connectivity index (χ4n) is 1.76. The van der Waals surface area contributed by atoms with Crippen molar-refractivity contribution in [3.8, 4) is 11.8 Å². The Bertz CT molecular complexity index is 600. The lowest BCUT2D eigenvalue weighted by atomic mass is 10.0. The van der Waals surface area contributed by atoms with Crippen LogP contribution in [0.25, 0.3) is 0 Å². The van der Waals surface area contributed by atoms with E-state index < -0.39 is 0 Å². The molecule has 0 unspecified atom stereocenters. The van der Waals surface area contributed by atoms with Crippen molar-refractivity contribution in [1.29, 1.82) is 5.26 Å². The van der Waals surface area contributed by atoms with E-state index in [0.717, 1.165) is 11.3 Å². The third kappa shape index (κ3) is 3.56. The van der Waals surface area contributed by atoms with Crippen molar-refractivity contribution in [3.63, 3.8) is 0 Å². The Kier molecular flexibility index (Phi) is 4.15. The van der Waals surface area contributed by atoms with E-state index >= 15 is 0 Å². The fourth-order valence-corrected chi connectivity index (χ4v) is 1.76. The van der Waals surface area contributed by atoms with Gasteiger partial charge >= 0.3 is 0 Å². The lowest BCUT2D eigenvalue weighted by Gasteiger charge is -2.10. The maximum absolute atomic E-state index is 8.79. The summed E-state index contributed by atoms with van der Waals surface area (Å²) >= 11 is 0. The minimum atomic E-state index is 0.414. The highest BCUT2D eigenvalue weighted by Gasteiger charge is 2.02. The van der Waals surface area contributed by atoms with Gasteiger partial charge in [-0.05, 0) is 41.3 Å². The van der Waals surface area contributed by atoms with Crippen molar-refractivity contribution >= 4 is 0 Å². The van der Waals surface area contributed by atoms with E-state index in [-0.39, 0.29) is 0 Å². The third-order valence-electron chi connectivity index (χ3n) is 2.87. The van der Waals surface area contributed by atoms with Crippen LogP contribution in [-0.2, 0) is 6.61 Å². The van der Waals surface area contributed by atoms with Crippen LogP contribution in [0.3, 0.4) is 0 Å². The molecule has 3 nitrogen and oxygen atoms in total. The molecule has 0 aliphatic rings. The second-order valence-corrected chi connectivity index (χ2v) is 4.68. The summed E-state index contributed by atoms with van der Waals surface area (Å²) in [5.41, 5.74) is 2.61. The van der Waals surface area contributed by atoms with Crippen LogP contribution in [0.15, 0.2) is 42.6 Å². The fraction of sp³-hybridized carbons (Fsp3) is 0.250. The molecule has 0 atom stereocenters. The van der Waals surface area contributed by atoms with Gasteiger partial charge < -0.3 is 4.74 Å². The van der Waals surface area contributed by atoms with Crippen molar-refractivity contribution < 1.29 is 4.74 Å². The summed E-state index contributed by atoms with van der Waals surface area (Å²) in [4.78, 5) is 3.93. The summed E-state index contributed by atoms with van der Waals surface area (Å²) in [6, 6.07) is 13.7. The highest BCUT2D eigenvalue weighted by Crippen LogP contribution is 2.20. The zero-order valence-corrected chi connectivity index (χ0v) is 11.1. The molecule has 0 bridgehead atoms. The molecule has 0 aliphatic heterocycles. The molecular formula is C16H16N2O. The second-order valence-electron chi connectivity index (χ2n) is 4.68. The number of nitrogens with zero attached hydrogens (tertiary/aromatic N) is 2. The van der Waals surface area contributed by atoms with Crippen LogP contribution in [0.4, 0.5) is 0 Å². The number of hydrogen-bond acceptors (Lipinski definition) is 3. The van der Waals surface area contributed by atoms with E-state index in [0.29, 0.717) is 18.2 Å². The maximum Gasteiger partial charge on any atom is 0.140 e. The topological polar surface area (TPSA) is 45.9 Å². The summed E-state index contributed by atoms with van der Waals surface area (Å²) in [6.45, 7) is 4.75. The van der Waals surface area contributed by atoms with Gasteiger partial charge in [0.15, 0.2) is 0 Å². The van der Waals surface area contributed by atoms with Crippen LogP contribution in [0.2, 0.25) is 0 Å². The van der Waals surface area contributed by atoms with Gasteiger partial charge in [0.2, 0.25) is 0 Å². The van der Waals surface area contributed by atoms with Gasteiger partial charge in [0.1, 0.15) is 24.1 Å². The maximum atomic E-state index is 8.79. The molecule has 0 radical (unpaired) electrons. The molecule has 1 aromatic carbocycles. The Hall–Kier alpha value is -2.34. The monoisotopic (exact) mass is 252 g/mol. The molecular weight excluding hydrogens is 236 g/mol. The largest absolute Gasteiger partial charge is 0.489 e. The van der Waals surface area contributed by atoms with Gasteiger partial charge in [-0.1, -0.05) is 26.0 Å². The quantitative estimate of drug-likeness (QED) is 0.834. The van der Waals surface area contributed by atoms with E-state index in [1.165, 1.54) is 5.56 Å². The molecule has 0 fully saturated rings. The van der Waals surface area contributed by atoms with Crippen LogP contribution in [0.1, 0.15) is 36.6 Å². The zero-order valence-electron chi connectivity index (χ0n) is 11.1. The van der Waals surface area contributed by atoms with Gasteiger partial charge in [0.05, 0.1) is 0 Å². The lowest BCUT2D eigenvalue weighted by Crippen LogP contribution is -1.97. The van der Waals surface area contributed by atoms with Crippen LogP contribution in [0, 0.1) is 11.3 Å². The molecule has 2 rings (SSSR count). The van der Waals surface area contributed by atoms with Gasteiger partial charge in [0.25, 0.3) is 0 Å². The number of hydrogen-bond donors (Lipinski definition) is 0. The van der Waals surface area contributed by atoms with Crippen molar-refractivity contribution in [2.45, 2.75) is 26.4 Å². The summed E-state index contributed by atoms with van der Waals surface area (Å²) in [5.74, 6) is 1.33. The van der Waals surface area contributed by atoms with Gasteiger partial charge in [-0.15, -0.1) is 0 Å². The highest BCUT2D eigenvalue weighted by molar-refractivity contribution is 5.31. The van der Waals surface area contributed by atoms with Crippen molar-refractivity contribution in [3.05, 3.63) is 59.4 Å². The van der Waals surface area contributed by atoms with Crippen molar-refractivity contribution in [2.24, 2.45) is 0 Å². The molecule has 0 saturated carbocycles. The van der Waals surface area contributed by atoms with Crippen LogP contribution in [0.5, 0.6) is 5.75 Å². The molecule has 3 heteroatoms. The smallest absolute Gasteiger partial charge is 0.140 e. The predicted octanol–water partition coefficient (Wildman–Crippen LogP) is 3.66. The number of ether oxygens (including phenoxy) is 1. The molecule has 0 amide bonds. The molecule has 1 heterocycles. The molecule has 2 aromatic rings. The van der Waals surface area contributed by atoms with Crippen LogP contribution in [-0.4, -0.2) is 4.98 Å². The molecule has 0 saturated heterocycles. The Labute approximate surface area is 113 Å². The third-order valence-corrected chi connectivity index (χ3v) is 2.87. The summed E-state index contributed by atoms with van der Waals surface area (Å²) in [6.07, 6.45) is 1.63. The number of rotatable bonds is 4. The van der Waals surface area contributed by atoms with Crippen LogP contribution >= 0.6 is 0 Å². The molecule has 96 valence electrons. The summed E-state index contributed by atoms with van der Waals surface area (Å²) in [7, 11) is 0. The number of aromatic nitrogens is 1. The number of benzene rings is 1. The lowest BCUT2D eigenvalue weighted by molar-refractivity contribution is 0.305. The normalized spacial score (nSPS) is 10.2. The summed E-state index contributed by atoms with van der Waals surface area (Å²) in [5, 5.41) is 8.79.